The zero-order valence-corrected chi connectivity index (χ0v) is 9.68. The van der Waals surface area contributed by atoms with Crippen LogP contribution in [0.15, 0.2) is 23.4 Å². The quantitative estimate of drug-likeness (QED) is 0.627. The zero-order chi connectivity index (χ0) is 12.3. The Hall–Kier alpha value is -2.02. The van der Waals surface area contributed by atoms with E-state index in [1.54, 1.807) is 6.92 Å². The summed E-state index contributed by atoms with van der Waals surface area (Å²) < 4.78 is 5.56. The van der Waals surface area contributed by atoms with Gasteiger partial charge in [0.25, 0.3) is 0 Å². The predicted octanol–water partition coefficient (Wildman–Crippen LogP) is 2.49. The third-order valence-corrected chi connectivity index (χ3v) is 2.89. The minimum atomic E-state index is -0.474. The van der Waals surface area contributed by atoms with Gasteiger partial charge >= 0.3 is 0 Å². The van der Waals surface area contributed by atoms with Gasteiger partial charge in [0.2, 0.25) is 0 Å². The third-order valence-electron chi connectivity index (χ3n) is 2.89. The maximum Gasteiger partial charge on any atom is 0.181 e. The van der Waals surface area contributed by atoms with Crippen LogP contribution in [-0.4, -0.2) is 17.0 Å². The van der Waals surface area contributed by atoms with Crippen LogP contribution in [0, 0.1) is 11.3 Å². The first-order valence-electron chi connectivity index (χ1n) is 5.65. The Balaban J connectivity index is 2.40. The number of oxime groups is 1. The second kappa shape index (κ2) is 4.88. The van der Waals surface area contributed by atoms with E-state index in [-0.39, 0.29) is 0 Å². The zero-order valence-electron chi connectivity index (χ0n) is 9.68. The average Bonchev–Trinajstić information content (AvgIpc) is 2.38. The molecule has 1 unspecified atom stereocenters. The normalized spacial score (nSPS) is 18.2. The Morgan fingerprint density at radius 2 is 2.29 bits per heavy atom. The largest absolute Gasteiger partial charge is 0.476 e. The van der Waals surface area contributed by atoms with Crippen LogP contribution >= 0.6 is 0 Å². The molecule has 1 aliphatic rings. The summed E-state index contributed by atoms with van der Waals surface area (Å²) in [5.74, 6) is 0.720. The number of nitriles is 1. The van der Waals surface area contributed by atoms with Crippen molar-refractivity contribution in [3.8, 4) is 11.8 Å². The molecule has 1 atom stereocenters. The summed E-state index contributed by atoms with van der Waals surface area (Å²) in [6.07, 6.45) is 2.13. The Kier molecular flexibility index (Phi) is 3.29. The van der Waals surface area contributed by atoms with Crippen molar-refractivity contribution in [1.29, 1.82) is 5.26 Å². The Bertz CT molecular complexity index is 489. The number of ether oxygens (including phenoxy) is 1. The fourth-order valence-electron chi connectivity index (χ4n) is 2.09. The molecule has 4 nitrogen and oxygen atoms in total. The van der Waals surface area contributed by atoms with Crippen molar-refractivity contribution in [3.05, 3.63) is 29.3 Å². The summed E-state index contributed by atoms with van der Waals surface area (Å²) in [5.41, 5.74) is 2.66. The van der Waals surface area contributed by atoms with Crippen LogP contribution in [0.5, 0.6) is 5.75 Å². The summed E-state index contributed by atoms with van der Waals surface area (Å²) in [7, 11) is 0. The third kappa shape index (κ3) is 2.23. The number of rotatable bonds is 2. The fourth-order valence-corrected chi connectivity index (χ4v) is 2.09. The highest BCUT2D eigenvalue weighted by Gasteiger charge is 2.20. The van der Waals surface area contributed by atoms with Crippen molar-refractivity contribution in [3.63, 3.8) is 0 Å². The molecule has 0 aliphatic heterocycles. The monoisotopic (exact) mass is 230 g/mol. The Morgan fingerprint density at radius 3 is 3.00 bits per heavy atom. The van der Waals surface area contributed by atoms with Gasteiger partial charge in [-0.1, -0.05) is 17.3 Å². The molecule has 1 aromatic rings. The molecular weight excluding hydrogens is 216 g/mol. The molecule has 0 amide bonds. The number of fused-ring (bicyclic) bond motifs is 1. The van der Waals surface area contributed by atoms with Crippen molar-refractivity contribution in [1.82, 2.24) is 0 Å². The van der Waals surface area contributed by atoms with Crippen molar-refractivity contribution >= 4 is 5.71 Å². The smallest absolute Gasteiger partial charge is 0.181 e. The van der Waals surface area contributed by atoms with Crippen LogP contribution in [0.3, 0.4) is 0 Å². The van der Waals surface area contributed by atoms with Crippen LogP contribution in [0.25, 0.3) is 0 Å². The second-order valence-corrected chi connectivity index (χ2v) is 4.07. The van der Waals surface area contributed by atoms with Crippen molar-refractivity contribution in [2.45, 2.75) is 32.3 Å². The van der Waals surface area contributed by atoms with E-state index in [2.05, 4.69) is 5.16 Å². The molecule has 88 valence electrons. The highest BCUT2D eigenvalue weighted by molar-refractivity contribution is 6.02. The van der Waals surface area contributed by atoms with E-state index >= 15 is 0 Å². The lowest BCUT2D eigenvalue weighted by Gasteiger charge is -2.20. The lowest BCUT2D eigenvalue weighted by Crippen LogP contribution is -2.16. The second-order valence-electron chi connectivity index (χ2n) is 4.07. The fraction of sp³-hybridized carbons (Fsp3) is 0.385. The van der Waals surface area contributed by atoms with Crippen LogP contribution in [0.1, 0.15) is 30.9 Å². The van der Waals surface area contributed by atoms with Gasteiger partial charge < -0.3 is 9.94 Å². The van der Waals surface area contributed by atoms with Gasteiger partial charge in [-0.15, -0.1) is 0 Å². The predicted molar refractivity (Wildman–Crippen MR) is 63.4 cm³/mol. The van der Waals surface area contributed by atoms with Crippen LogP contribution in [0.4, 0.5) is 0 Å². The molecule has 0 saturated carbocycles. The first kappa shape index (κ1) is 11.5. The molecule has 4 heteroatoms. The lowest BCUT2D eigenvalue weighted by molar-refractivity contribution is 0.273. The first-order chi connectivity index (χ1) is 8.26. The van der Waals surface area contributed by atoms with E-state index in [9.17, 15) is 0 Å². The molecule has 0 heterocycles. The number of benzene rings is 1. The standard InChI is InChI=1S/C13H14N2O2/c1-9(8-14)17-13-7-3-4-10-11(13)5-2-6-12(10)15-16/h3-4,7,9,16H,2,5-6H2,1H3. The van der Waals surface area contributed by atoms with Gasteiger partial charge in [-0.25, -0.2) is 0 Å². The molecule has 0 bridgehead atoms. The molecule has 0 saturated heterocycles. The van der Waals surface area contributed by atoms with Crippen LogP contribution < -0.4 is 4.74 Å². The number of hydrogen-bond acceptors (Lipinski definition) is 4. The summed E-state index contributed by atoms with van der Waals surface area (Å²) in [4.78, 5) is 0. The SMILES string of the molecule is CC(C#N)Oc1cccc2c1CCCC2=NO. The van der Waals surface area contributed by atoms with E-state index in [0.29, 0.717) is 5.71 Å². The topological polar surface area (TPSA) is 65.6 Å². The van der Waals surface area contributed by atoms with E-state index in [0.717, 1.165) is 36.1 Å². The number of hydrogen-bond donors (Lipinski definition) is 1. The summed E-state index contributed by atoms with van der Waals surface area (Å²) in [5, 5.41) is 21.0. The van der Waals surface area contributed by atoms with Gasteiger partial charge in [-0.05, 0) is 32.3 Å². The van der Waals surface area contributed by atoms with Gasteiger partial charge in [-0.2, -0.15) is 5.26 Å². The molecule has 1 aromatic carbocycles. The van der Waals surface area contributed by atoms with E-state index in [1.807, 2.05) is 24.3 Å². The minimum absolute atomic E-state index is 0.474. The van der Waals surface area contributed by atoms with Crippen molar-refractivity contribution < 1.29 is 9.94 Å². The maximum absolute atomic E-state index is 8.95. The molecule has 0 fully saturated rings. The molecule has 0 aromatic heterocycles. The minimum Gasteiger partial charge on any atom is -0.476 e. The first-order valence-corrected chi connectivity index (χ1v) is 5.65. The highest BCUT2D eigenvalue weighted by atomic mass is 16.5. The summed E-state index contributed by atoms with van der Waals surface area (Å²) >= 11 is 0. The molecule has 0 radical (unpaired) electrons. The van der Waals surface area contributed by atoms with Gasteiger partial charge in [0, 0.05) is 11.1 Å². The molecule has 1 aliphatic carbocycles. The Labute approximate surface area is 100 Å². The molecule has 1 N–H and O–H groups in total. The molecular formula is C13H14N2O2. The van der Waals surface area contributed by atoms with Gasteiger partial charge in [0.15, 0.2) is 6.10 Å². The molecule has 0 spiro atoms. The average molecular weight is 230 g/mol. The summed E-state index contributed by atoms with van der Waals surface area (Å²) in [6, 6.07) is 7.68. The molecule has 2 rings (SSSR count). The maximum atomic E-state index is 8.95. The Morgan fingerprint density at radius 1 is 1.47 bits per heavy atom. The number of nitrogens with zero attached hydrogens (tertiary/aromatic N) is 2. The van der Waals surface area contributed by atoms with Gasteiger partial charge in [-0.3, -0.25) is 0 Å². The van der Waals surface area contributed by atoms with Crippen molar-refractivity contribution in [2.24, 2.45) is 5.16 Å². The van der Waals surface area contributed by atoms with Crippen LogP contribution in [-0.2, 0) is 6.42 Å². The van der Waals surface area contributed by atoms with E-state index in [4.69, 9.17) is 15.2 Å². The van der Waals surface area contributed by atoms with Gasteiger partial charge in [0.1, 0.15) is 11.8 Å². The van der Waals surface area contributed by atoms with Crippen LogP contribution in [0.2, 0.25) is 0 Å². The molecule has 17 heavy (non-hydrogen) atoms. The van der Waals surface area contributed by atoms with E-state index < -0.39 is 6.10 Å². The van der Waals surface area contributed by atoms with Gasteiger partial charge in [0.05, 0.1) is 5.71 Å². The van der Waals surface area contributed by atoms with E-state index in [1.165, 1.54) is 0 Å². The van der Waals surface area contributed by atoms with Crippen molar-refractivity contribution in [2.75, 3.05) is 0 Å². The lowest BCUT2D eigenvalue weighted by atomic mass is 9.89. The highest BCUT2D eigenvalue weighted by Crippen LogP contribution is 2.30. The summed E-state index contributed by atoms with van der Waals surface area (Å²) in [6.45, 7) is 1.71.